The van der Waals surface area contributed by atoms with Crippen LogP contribution >= 0.6 is 24.0 Å². The first-order valence-corrected chi connectivity index (χ1v) is 9.17. The van der Waals surface area contributed by atoms with Crippen LogP contribution in [0.3, 0.4) is 0 Å². The maximum Gasteiger partial charge on any atom is 0.328 e. The molecule has 0 unspecified atom stereocenters. The van der Waals surface area contributed by atoms with Gasteiger partial charge in [-0.05, 0) is 51.8 Å². The summed E-state index contributed by atoms with van der Waals surface area (Å²) >= 11 is 0. The van der Waals surface area contributed by atoms with E-state index in [1.165, 1.54) is 0 Å². The highest BCUT2D eigenvalue weighted by atomic mass is 127. The third-order valence-corrected chi connectivity index (χ3v) is 3.42. The van der Waals surface area contributed by atoms with Gasteiger partial charge >= 0.3 is 5.97 Å². The van der Waals surface area contributed by atoms with Gasteiger partial charge in [0.15, 0.2) is 5.96 Å². The first-order chi connectivity index (χ1) is 12.6. The van der Waals surface area contributed by atoms with E-state index in [4.69, 9.17) is 4.74 Å². The van der Waals surface area contributed by atoms with Crippen molar-refractivity contribution in [2.45, 2.75) is 39.7 Å². The van der Waals surface area contributed by atoms with Gasteiger partial charge in [0.25, 0.3) is 5.91 Å². The van der Waals surface area contributed by atoms with E-state index in [0.29, 0.717) is 24.6 Å². The summed E-state index contributed by atoms with van der Waals surface area (Å²) in [5, 5.41) is 6.30. The predicted octanol–water partition coefficient (Wildman–Crippen LogP) is 2.45. The first-order valence-electron chi connectivity index (χ1n) is 9.17. The van der Waals surface area contributed by atoms with E-state index in [-0.39, 0.29) is 42.4 Å². The van der Waals surface area contributed by atoms with Gasteiger partial charge in [0.2, 0.25) is 0 Å². The van der Waals surface area contributed by atoms with Crippen LogP contribution in [0.5, 0.6) is 0 Å². The summed E-state index contributed by atoms with van der Waals surface area (Å²) in [7, 11) is 3.47. The molecule has 0 aromatic heterocycles. The number of nitrogens with one attached hydrogen (secondary N) is 2. The molecule has 0 spiro atoms. The molecule has 0 atom stereocenters. The van der Waals surface area contributed by atoms with E-state index in [9.17, 15) is 9.59 Å². The lowest BCUT2D eigenvalue weighted by Gasteiger charge is -2.19. The van der Waals surface area contributed by atoms with Gasteiger partial charge in [0, 0.05) is 32.7 Å². The SMILES string of the molecule is CCNC(=NCC(=O)OC(C)(C)C)NCCc1cccc(C(=O)N(C)C)c1.I. The monoisotopic (exact) mass is 504 g/mol. The molecule has 28 heavy (non-hydrogen) atoms. The Kier molecular flexibility index (Phi) is 11.8. The van der Waals surface area contributed by atoms with E-state index in [1.54, 1.807) is 19.0 Å². The minimum absolute atomic E-state index is 0. The molecular formula is C20H33IN4O3. The zero-order chi connectivity index (χ0) is 20.4. The van der Waals surface area contributed by atoms with Crippen molar-refractivity contribution >= 4 is 41.8 Å². The molecule has 0 bridgehead atoms. The molecule has 0 fully saturated rings. The van der Waals surface area contributed by atoms with Gasteiger partial charge in [-0.3, -0.25) is 9.59 Å². The quantitative estimate of drug-likeness (QED) is 0.258. The highest BCUT2D eigenvalue weighted by Crippen LogP contribution is 2.08. The van der Waals surface area contributed by atoms with E-state index >= 15 is 0 Å². The van der Waals surface area contributed by atoms with Crippen molar-refractivity contribution in [3.05, 3.63) is 35.4 Å². The number of hydrogen-bond acceptors (Lipinski definition) is 4. The molecule has 1 rings (SSSR count). The first kappa shape index (κ1) is 26.2. The van der Waals surface area contributed by atoms with Crippen molar-refractivity contribution in [2.24, 2.45) is 4.99 Å². The summed E-state index contributed by atoms with van der Waals surface area (Å²) in [6.45, 7) is 8.71. The second kappa shape index (κ2) is 12.6. The lowest BCUT2D eigenvalue weighted by molar-refractivity contribution is -0.152. The summed E-state index contributed by atoms with van der Waals surface area (Å²) in [5.41, 5.74) is 1.20. The van der Waals surface area contributed by atoms with E-state index < -0.39 is 5.60 Å². The Morgan fingerprint density at radius 2 is 1.86 bits per heavy atom. The van der Waals surface area contributed by atoms with Crippen LogP contribution in [0.1, 0.15) is 43.6 Å². The molecule has 0 radical (unpaired) electrons. The maximum absolute atomic E-state index is 12.0. The van der Waals surface area contributed by atoms with Gasteiger partial charge in [-0.25, -0.2) is 4.99 Å². The predicted molar refractivity (Wildman–Crippen MR) is 123 cm³/mol. The summed E-state index contributed by atoms with van der Waals surface area (Å²) in [6, 6.07) is 7.58. The summed E-state index contributed by atoms with van der Waals surface area (Å²) in [6.07, 6.45) is 0.728. The third-order valence-electron chi connectivity index (χ3n) is 3.42. The van der Waals surface area contributed by atoms with Crippen LogP contribution in [-0.4, -0.2) is 62.1 Å². The van der Waals surface area contributed by atoms with Crippen molar-refractivity contribution in [1.29, 1.82) is 0 Å². The van der Waals surface area contributed by atoms with E-state index in [0.717, 1.165) is 12.0 Å². The summed E-state index contributed by atoms with van der Waals surface area (Å²) in [5.74, 6) is 0.176. The average Bonchev–Trinajstić information content (AvgIpc) is 2.57. The van der Waals surface area contributed by atoms with E-state index in [1.807, 2.05) is 52.0 Å². The van der Waals surface area contributed by atoms with Crippen molar-refractivity contribution in [2.75, 3.05) is 33.7 Å². The topological polar surface area (TPSA) is 83.0 Å². The molecule has 0 saturated carbocycles. The minimum atomic E-state index is -0.520. The molecule has 8 heteroatoms. The normalized spacial score (nSPS) is 11.3. The number of esters is 1. The average molecular weight is 504 g/mol. The molecule has 0 aliphatic heterocycles. The number of guanidine groups is 1. The van der Waals surface area contributed by atoms with Gasteiger partial charge < -0.3 is 20.3 Å². The summed E-state index contributed by atoms with van der Waals surface area (Å²) < 4.78 is 5.26. The van der Waals surface area contributed by atoms with Gasteiger partial charge in [0.1, 0.15) is 12.1 Å². The largest absolute Gasteiger partial charge is 0.459 e. The molecular weight excluding hydrogens is 471 g/mol. The number of ether oxygens (including phenoxy) is 1. The Morgan fingerprint density at radius 3 is 2.43 bits per heavy atom. The molecule has 0 aliphatic rings. The zero-order valence-corrected chi connectivity index (χ0v) is 20.0. The number of aliphatic imine (C=N–C) groups is 1. The van der Waals surface area contributed by atoms with Crippen molar-refractivity contribution in [3.63, 3.8) is 0 Å². The van der Waals surface area contributed by atoms with Gasteiger partial charge in [-0.15, -0.1) is 24.0 Å². The standard InChI is InChI=1S/C20H32N4O3.HI/c1-7-21-19(23-14-17(25)27-20(2,3)4)22-12-11-15-9-8-10-16(13-15)18(26)24(5)6;/h8-10,13H,7,11-12,14H2,1-6H3,(H2,21,22,23);1H. The molecule has 0 heterocycles. The number of hydrogen-bond donors (Lipinski definition) is 2. The number of nitrogens with zero attached hydrogens (tertiary/aromatic N) is 2. The van der Waals surface area contributed by atoms with Gasteiger partial charge in [-0.1, -0.05) is 12.1 Å². The molecule has 0 saturated heterocycles. The van der Waals surface area contributed by atoms with Crippen molar-refractivity contribution < 1.29 is 14.3 Å². The fourth-order valence-corrected chi connectivity index (χ4v) is 2.30. The Bertz CT molecular complexity index is 670. The number of carbonyl (C=O) groups is 2. The Hall–Kier alpha value is -1.84. The second-order valence-corrected chi connectivity index (χ2v) is 7.36. The van der Waals surface area contributed by atoms with Crippen LogP contribution in [-0.2, 0) is 16.0 Å². The van der Waals surface area contributed by atoms with E-state index in [2.05, 4.69) is 15.6 Å². The van der Waals surface area contributed by atoms with Gasteiger partial charge in [0.05, 0.1) is 0 Å². The molecule has 7 nitrogen and oxygen atoms in total. The Morgan fingerprint density at radius 1 is 1.18 bits per heavy atom. The number of halogens is 1. The number of carbonyl (C=O) groups excluding carboxylic acids is 2. The fraction of sp³-hybridized carbons (Fsp3) is 0.550. The van der Waals surface area contributed by atoms with Crippen LogP contribution in [0.4, 0.5) is 0 Å². The number of benzene rings is 1. The maximum atomic E-state index is 12.0. The van der Waals surface area contributed by atoms with Crippen LogP contribution in [0.15, 0.2) is 29.3 Å². The fourth-order valence-electron chi connectivity index (χ4n) is 2.30. The van der Waals surface area contributed by atoms with Crippen LogP contribution in [0.2, 0.25) is 0 Å². The van der Waals surface area contributed by atoms with Crippen LogP contribution < -0.4 is 10.6 Å². The van der Waals surface area contributed by atoms with Crippen LogP contribution in [0.25, 0.3) is 0 Å². The van der Waals surface area contributed by atoms with Crippen molar-refractivity contribution in [3.8, 4) is 0 Å². The molecule has 2 N–H and O–H groups in total. The lowest BCUT2D eigenvalue weighted by Crippen LogP contribution is -2.39. The second-order valence-electron chi connectivity index (χ2n) is 7.36. The van der Waals surface area contributed by atoms with Crippen LogP contribution in [0, 0.1) is 0 Å². The molecule has 1 aromatic carbocycles. The zero-order valence-electron chi connectivity index (χ0n) is 17.7. The third kappa shape index (κ3) is 10.5. The Balaban J connectivity index is 0.00000729. The number of rotatable bonds is 7. The molecule has 1 aromatic rings. The highest BCUT2D eigenvalue weighted by molar-refractivity contribution is 14.0. The molecule has 1 amide bonds. The number of amides is 1. The minimum Gasteiger partial charge on any atom is -0.459 e. The smallest absolute Gasteiger partial charge is 0.328 e. The van der Waals surface area contributed by atoms with Gasteiger partial charge in [-0.2, -0.15) is 0 Å². The highest BCUT2D eigenvalue weighted by Gasteiger charge is 2.15. The molecule has 158 valence electrons. The molecule has 0 aliphatic carbocycles. The Labute approximate surface area is 185 Å². The lowest BCUT2D eigenvalue weighted by atomic mass is 10.1. The summed E-state index contributed by atoms with van der Waals surface area (Å²) in [4.78, 5) is 29.7. The van der Waals surface area contributed by atoms with Crippen molar-refractivity contribution in [1.82, 2.24) is 15.5 Å².